The molecule has 1 saturated heterocycles. The lowest BCUT2D eigenvalue weighted by atomic mass is 10.0. The average Bonchev–Trinajstić information content (AvgIpc) is 2.90. The smallest absolute Gasteiger partial charge is 0.413 e. The number of hydrogen-bond donors (Lipinski definition) is 3. The monoisotopic (exact) mass is 324 g/mol. The highest BCUT2D eigenvalue weighted by molar-refractivity contribution is 5.84. The van der Waals surface area contributed by atoms with Crippen molar-refractivity contribution >= 4 is 11.9 Å². The van der Waals surface area contributed by atoms with E-state index in [0.717, 1.165) is 31.4 Å². The predicted molar refractivity (Wildman–Crippen MR) is 88.3 cm³/mol. The Balaban J connectivity index is 1.85. The van der Waals surface area contributed by atoms with E-state index in [-0.39, 0.29) is 0 Å². The largest absolute Gasteiger partial charge is 0.444 e. The molecule has 2 rings (SSSR count). The average molecular weight is 324 g/mol. The van der Waals surface area contributed by atoms with E-state index in [9.17, 15) is 4.79 Å². The molecule has 1 aromatic heterocycles. The van der Waals surface area contributed by atoms with Gasteiger partial charge in [-0.25, -0.2) is 4.79 Å². The van der Waals surface area contributed by atoms with E-state index in [1.165, 1.54) is 0 Å². The molecule has 0 bridgehead atoms. The van der Waals surface area contributed by atoms with Gasteiger partial charge in [0, 0.05) is 24.8 Å². The summed E-state index contributed by atoms with van der Waals surface area (Å²) in [5.41, 5.74) is 0.384. The lowest BCUT2D eigenvalue weighted by Crippen LogP contribution is -2.38. The Morgan fingerprint density at radius 3 is 3.00 bits per heavy atom. The Morgan fingerprint density at radius 2 is 2.30 bits per heavy atom. The number of carbonyl (C=O) groups is 1. The number of carbonyl (C=O) groups excluding carboxylic acids is 1. The number of anilines is 1. The molecule has 23 heavy (non-hydrogen) atoms. The minimum Gasteiger partial charge on any atom is -0.444 e. The van der Waals surface area contributed by atoms with E-state index in [4.69, 9.17) is 9.47 Å². The van der Waals surface area contributed by atoms with Gasteiger partial charge in [0.2, 0.25) is 0 Å². The van der Waals surface area contributed by atoms with E-state index in [1.807, 2.05) is 20.8 Å². The van der Waals surface area contributed by atoms with Gasteiger partial charge in [0.1, 0.15) is 11.4 Å². The number of aromatic nitrogens is 2. The Kier molecular flexibility index (Phi) is 6.01. The standard InChI is InChI=1S/C16H28N4O3/c1-5-13-8-12(6-7-22-13)17-9-11-10-18-20-14(11)19-15(21)23-16(2,3)4/h10,12-13,17H,5-9H2,1-4H3,(H2,18,19,20,21). The van der Waals surface area contributed by atoms with Crippen LogP contribution in [-0.4, -0.2) is 40.6 Å². The number of rotatable bonds is 5. The van der Waals surface area contributed by atoms with E-state index >= 15 is 0 Å². The van der Waals surface area contributed by atoms with Crippen molar-refractivity contribution in [3.05, 3.63) is 11.8 Å². The van der Waals surface area contributed by atoms with Crippen molar-refractivity contribution in [3.63, 3.8) is 0 Å². The third kappa shape index (κ3) is 5.84. The summed E-state index contributed by atoms with van der Waals surface area (Å²) < 4.78 is 10.9. The fourth-order valence-electron chi connectivity index (χ4n) is 2.56. The van der Waals surface area contributed by atoms with Crippen LogP contribution in [0.1, 0.15) is 52.5 Å². The minimum absolute atomic E-state index is 0.338. The van der Waals surface area contributed by atoms with Crippen molar-refractivity contribution in [1.29, 1.82) is 0 Å². The third-order valence-electron chi connectivity index (χ3n) is 3.75. The molecule has 3 N–H and O–H groups in total. The molecule has 2 unspecified atom stereocenters. The summed E-state index contributed by atoms with van der Waals surface area (Å²) in [6, 6.07) is 0.429. The number of hydrogen-bond acceptors (Lipinski definition) is 5. The van der Waals surface area contributed by atoms with Gasteiger partial charge < -0.3 is 14.8 Å². The predicted octanol–water partition coefficient (Wildman–Crippen LogP) is 2.80. The first-order valence-corrected chi connectivity index (χ1v) is 8.24. The van der Waals surface area contributed by atoms with Crippen molar-refractivity contribution in [2.24, 2.45) is 0 Å². The van der Waals surface area contributed by atoms with Crippen LogP contribution >= 0.6 is 0 Å². The second kappa shape index (κ2) is 7.79. The fraction of sp³-hybridized carbons (Fsp3) is 0.750. The maximum atomic E-state index is 11.8. The van der Waals surface area contributed by atoms with Gasteiger partial charge >= 0.3 is 6.09 Å². The molecule has 0 spiro atoms. The molecule has 0 aliphatic carbocycles. The summed E-state index contributed by atoms with van der Waals surface area (Å²) in [6.45, 7) is 9.07. The molecule has 130 valence electrons. The van der Waals surface area contributed by atoms with Crippen LogP contribution in [0, 0.1) is 0 Å². The molecule has 1 aromatic rings. The molecule has 0 saturated carbocycles. The molecule has 2 heterocycles. The number of nitrogens with one attached hydrogen (secondary N) is 3. The minimum atomic E-state index is -0.528. The maximum Gasteiger partial charge on any atom is 0.413 e. The lowest BCUT2D eigenvalue weighted by Gasteiger charge is -2.29. The first kappa shape index (κ1) is 17.7. The number of amides is 1. The second-order valence-corrected chi connectivity index (χ2v) is 6.90. The van der Waals surface area contributed by atoms with E-state index in [1.54, 1.807) is 6.20 Å². The Morgan fingerprint density at radius 1 is 1.52 bits per heavy atom. The Labute approximate surface area is 137 Å². The topological polar surface area (TPSA) is 88.3 Å². The van der Waals surface area contributed by atoms with Crippen molar-refractivity contribution in [2.45, 2.75) is 71.2 Å². The van der Waals surface area contributed by atoms with Crippen LogP contribution in [0.3, 0.4) is 0 Å². The van der Waals surface area contributed by atoms with Crippen LogP contribution < -0.4 is 10.6 Å². The lowest BCUT2D eigenvalue weighted by molar-refractivity contribution is -0.000308. The molecular weight excluding hydrogens is 296 g/mol. The molecule has 1 fully saturated rings. The third-order valence-corrected chi connectivity index (χ3v) is 3.75. The maximum absolute atomic E-state index is 11.8. The highest BCUT2D eigenvalue weighted by Gasteiger charge is 2.22. The van der Waals surface area contributed by atoms with Gasteiger partial charge in [-0.05, 0) is 40.0 Å². The van der Waals surface area contributed by atoms with Gasteiger partial charge in [0.05, 0.1) is 12.3 Å². The van der Waals surface area contributed by atoms with Gasteiger partial charge in [-0.2, -0.15) is 5.10 Å². The molecule has 7 nitrogen and oxygen atoms in total. The molecule has 7 heteroatoms. The van der Waals surface area contributed by atoms with Gasteiger partial charge in [-0.1, -0.05) is 6.92 Å². The molecular formula is C16H28N4O3. The zero-order chi connectivity index (χ0) is 16.9. The summed E-state index contributed by atoms with van der Waals surface area (Å²) in [6.07, 6.45) is 4.63. The molecule has 1 aliphatic heterocycles. The van der Waals surface area contributed by atoms with Crippen LogP contribution in [0.5, 0.6) is 0 Å². The molecule has 2 atom stereocenters. The summed E-state index contributed by atoms with van der Waals surface area (Å²) in [7, 11) is 0. The highest BCUT2D eigenvalue weighted by Crippen LogP contribution is 2.18. The quantitative estimate of drug-likeness (QED) is 0.775. The zero-order valence-corrected chi connectivity index (χ0v) is 14.4. The van der Waals surface area contributed by atoms with Crippen molar-refractivity contribution < 1.29 is 14.3 Å². The number of H-pyrrole nitrogens is 1. The zero-order valence-electron chi connectivity index (χ0n) is 14.4. The summed E-state index contributed by atoms with van der Waals surface area (Å²) in [4.78, 5) is 11.8. The van der Waals surface area contributed by atoms with E-state index < -0.39 is 11.7 Å². The van der Waals surface area contributed by atoms with Gasteiger partial charge in [-0.3, -0.25) is 10.4 Å². The highest BCUT2D eigenvalue weighted by atomic mass is 16.6. The van der Waals surface area contributed by atoms with Crippen LogP contribution in [0.4, 0.5) is 10.6 Å². The van der Waals surface area contributed by atoms with Crippen LogP contribution in [0.25, 0.3) is 0 Å². The number of nitrogens with zero attached hydrogens (tertiary/aromatic N) is 1. The first-order valence-electron chi connectivity index (χ1n) is 8.24. The summed E-state index contributed by atoms with van der Waals surface area (Å²) >= 11 is 0. The molecule has 0 radical (unpaired) electrons. The summed E-state index contributed by atoms with van der Waals surface area (Å²) in [5.74, 6) is 0.575. The van der Waals surface area contributed by atoms with Crippen molar-refractivity contribution in [1.82, 2.24) is 15.5 Å². The fourth-order valence-corrected chi connectivity index (χ4v) is 2.56. The molecule has 1 amide bonds. The Hall–Kier alpha value is -1.60. The molecule has 1 aliphatic rings. The summed E-state index contributed by atoms with van der Waals surface area (Å²) in [5, 5.41) is 13.0. The van der Waals surface area contributed by atoms with Crippen LogP contribution in [0.2, 0.25) is 0 Å². The Bertz CT molecular complexity index is 510. The SMILES string of the molecule is CCC1CC(NCc2cn[nH]c2NC(=O)OC(C)(C)C)CCO1. The van der Waals surface area contributed by atoms with Crippen LogP contribution in [0.15, 0.2) is 6.20 Å². The number of aromatic amines is 1. The number of ether oxygens (including phenoxy) is 2. The van der Waals surface area contributed by atoms with Crippen LogP contribution in [-0.2, 0) is 16.0 Å². The van der Waals surface area contributed by atoms with Crippen molar-refractivity contribution in [3.8, 4) is 0 Å². The molecule has 0 aromatic carbocycles. The van der Waals surface area contributed by atoms with E-state index in [2.05, 4.69) is 27.8 Å². The van der Waals surface area contributed by atoms with E-state index in [0.29, 0.717) is 24.5 Å². The van der Waals surface area contributed by atoms with Gasteiger partial charge in [-0.15, -0.1) is 0 Å². The second-order valence-electron chi connectivity index (χ2n) is 6.90. The first-order chi connectivity index (χ1) is 10.9. The van der Waals surface area contributed by atoms with Gasteiger partial charge in [0.15, 0.2) is 0 Å². The van der Waals surface area contributed by atoms with Gasteiger partial charge in [0.25, 0.3) is 0 Å². The van der Waals surface area contributed by atoms with Crippen molar-refractivity contribution in [2.75, 3.05) is 11.9 Å². The normalized spacial score (nSPS) is 21.9.